The number of H-pyrrole nitrogens is 1. The second-order valence-electron chi connectivity index (χ2n) is 6.50. The number of aromatic amines is 1. The van der Waals surface area contributed by atoms with Gasteiger partial charge in [0.05, 0.1) is 23.1 Å². The molecule has 0 spiro atoms. The standard InChI is InChI=1S/C19H15F5N6O2/c20-11-3-9(7-26-15-8-27-30-16(15)17(25)31)4-12(6-11)28-18(32)29-14-2-1-10(5-13(14)21)19(22,23)24/h1-6,8,26H,7H2,(H2,25,31)(H,27,30)(H2,28,29,32). The van der Waals surface area contributed by atoms with Crippen LogP contribution in [0.15, 0.2) is 42.6 Å². The third-order valence-electron chi connectivity index (χ3n) is 4.13. The lowest BCUT2D eigenvalue weighted by atomic mass is 10.2. The van der Waals surface area contributed by atoms with Crippen LogP contribution in [0.1, 0.15) is 21.6 Å². The number of halogens is 5. The highest BCUT2D eigenvalue weighted by Gasteiger charge is 2.31. The number of carbonyl (C=O) groups excluding carboxylic acids is 2. The number of alkyl halides is 3. The van der Waals surface area contributed by atoms with E-state index in [1.807, 2.05) is 0 Å². The summed E-state index contributed by atoms with van der Waals surface area (Å²) in [6, 6.07) is 4.16. The highest BCUT2D eigenvalue weighted by atomic mass is 19.4. The summed E-state index contributed by atoms with van der Waals surface area (Å²) in [4.78, 5) is 23.4. The molecule has 1 aromatic heterocycles. The number of nitrogens with one attached hydrogen (secondary N) is 4. The summed E-state index contributed by atoms with van der Waals surface area (Å²) >= 11 is 0. The number of benzene rings is 2. The summed E-state index contributed by atoms with van der Waals surface area (Å²) in [5.41, 5.74) is 4.15. The maximum atomic E-state index is 13.9. The van der Waals surface area contributed by atoms with Crippen molar-refractivity contribution < 1.29 is 31.5 Å². The number of amides is 3. The van der Waals surface area contributed by atoms with E-state index in [1.54, 1.807) is 0 Å². The average Bonchev–Trinajstić information content (AvgIpc) is 3.15. The summed E-state index contributed by atoms with van der Waals surface area (Å²) in [7, 11) is 0. The molecule has 0 saturated carbocycles. The molecule has 3 aromatic rings. The summed E-state index contributed by atoms with van der Waals surface area (Å²) in [5, 5.41) is 13.2. The van der Waals surface area contributed by atoms with Gasteiger partial charge in [0.15, 0.2) is 0 Å². The van der Waals surface area contributed by atoms with Gasteiger partial charge < -0.3 is 21.7 Å². The van der Waals surface area contributed by atoms with Crippen LogP contribution in [0.4, 0.5) is 43.8 Å². The third-order valence-corrected chi connectivity index (χ3v) is 4.13. The number of primary amides is 1. The Balaban J connectivity index is 1.67. The van der Waals surface area contributed by atoms with E-state index in [2.05, 4.69) is 26.1 Å². The van der Waals surface area contributed by atoms with E-state index in [4.69, 9.17) is 5.73 Å². The Morgan fingerprint density at radius 3 is 2.44 bits per heavy atom. The first-order valence-electron chi connectivity index (χ1n) is 8.84. The van der Waals surface area contributed by atoms with Gasteiger partial charge in [-0.25, -0.2) is 13.6 Å². The molecule has 0 bridgehead atoms. The second-order valence-corrected chi connectivity index (χ2v) is 6.50. The van der Waals surface area contributed by atoms with Gasteiger partial charge >= 0.3 is 12.2 Å². The normalized spacial score (nSPS) is 11.2. The minimum atomic E-state index is -4.73. The van der Waals surface area contributed by atoms with Gasteiger partial charge in [-0.2, -0.15) is 18.3 Å². The van der Waals surface area contributed by atoms with E-state index >= 15 is 0 Å². The van der Waals surface area contributed by atoms with Gasteiger partial charge in [-0.3, -0.25) is 9.89 Å². The molecule has 8 nitrogen and oxygen atoms in total. The van der Waals surface area contributed by atoms with Gasteiger partial charge in [-0.05, 0) is 42.0 Å². The number of aromatic nitrogens is 2. The Hall–Kier alpha value is -4.16. The molecule has 0 aliphatic heterocycles. The molecule has 168 valence electrons. The zero-order valence-electron chi connectivity index (χ0n) is 16.0. The van der Waals surface area contributed by atoms with E-state index < -0.39 is 41.0 Å². The van der Waals surface area contributed by atoms with Crippen LogP contribution in [0.3, 0.4) is 0 Å². The van der Waals surface area contributed by atoms with Crippen molar-refractivity contribution in [3.8, 4) is 0 Å². The molecule has 0 unspecified atom stereocenters. The molecule has 0 radical (unpaired) electrons. The van der Waals surface area contributed by atoms with Crippen molar-refractivity contribution in [1.29, 1.82) is 0 Å². The van der Waals surface area contributed by atoms with Crippen molar-refractivity contribution in [2.24, 2.45) is 5.73 Å². The highest BCUT2D eigenvalue weighted by Crippen LogP contribution is 2.31. The van der Waals surface area contributed by atoms with E-state index in [0.29, 0.717) is 11.6 Å². The van der Waals surface area contributed by atoms with Crippen LogP contribution in [0, 0.1) is 11.6 Å². The smallest absolute Gasteiger partial charge is 0.378 e. The molecule has 13 heteroatoms. The van der Waals surface area contributed by atoms with E-state index in [-0.39, 0.29) is 29.7 Å². The van der Waals surface area contributed by atoms with Crippen molar-refractivity contribution >= 4 is 29.0 Å². The number of nitrogens with two attached hydrogens (primary N) is 1. The van der Waals surface area contributed by atoms with Gasteiger partial charge in [0.2, 0.25) is 0 Å². The quantitative estimate of drug-likeness (QED) is 0.360. The van der Waals surface area contributed by atoms with Crippen molar-refractivity contribution in [3.05, 3.63) is 71.1 Å². The van der Waals surface area contributed by atoms with Crippen LogP contribution in [0.2, 0.25) is 0 Å². The summed E-state index contributed by atoms with van der Waals surface area (Å²) < 4.78 is 65.6. The topological polar surface area (TPSA) is 125 Å². The van der Waals surface area contributed by atoms with Crippen LogP contribution in [-0.4, -0.2) is 22.1 Å². The number of anilines is 3. The molecule has 0 aliphatic carbocycles. The monoisotopic (exact) mass is 454 g/mol. The average molecular weight is 454 g/mol. The van der Waals surface area contributed by atoms with Crippen molar-refractivity contribution in [2.75, 3.05) is 16.0 Å². The van der Waals surface area contributed by atoms with Gasteiger partial charge in [-0.1, -0.05) is 0 Å². The largest absolute Gasteiger partial charge is 0.416 e. The van der Waals surface area contributed by atoms with E-state index in [9.17, 15) is 31.5 Å². The summed E-state index contributed by atoms with van der Waals surface area (Å²) in [5.74, 6) is -2.74. The molecule has 2 aromatic carbocycles. The summed E-state index contributed by atoms with van der Waals surface area (Å²) in [6.07, 6.45) is -3.42. The Morgan fingerprint density at radius 1 is 1.03 bits per heavy atom. The Morgan fingerprint density at radius 2 is 1.78 bits per heavy atom. The molecule has 1 heterocycles. The number of carbonyl (C=O) groups is 2. The number of rotatable bonds is 6. The minimum Gasteiger partial charge on any atom is -0.378 e. The van der Waals surface area contributed by atoms with Crippen LogP contribution < -0.4 is 21.7 Å². The fourth-order valence-corrected chi connectivity index (χ4v) is 2.71. The molecule has 0 atom stereocenters. The highest BCUT2D eigenvalue weighted by molar-refractivity contribution is 6.00. The lowest BCUT2D eigenvalue weighted by Crippen LogP contribution is -2.20. The van der Waals surface area contributed by atoms with Crippen LogP contribution >= 0.6 is 0 Å². The predicted octanol–water partition coefficient (Wildman–Crippen LogP) is 4.06. The van der Waals surface area contributed by atoms with Gasteiger partial charge in [0, 0.05) is 12.2 Å². The second kappa shape index (κ2) is 8.91. The van der Waals surface area contributed by atoms with Gasteiger partial charge in [0.1, 0.15) is 17.3 Å². The fourth-order valence-electron chi connectivity index (χ4n) is 2.71. The maximum absolute atomic E-state index is 13.9. The van der Waals surface area contributed by atoms with Crippen LogP contribution in [0.25, 0.3) is 0 Å². The molecule has 0 fully saturated rings. The molecule has 3 amide bonds. The first-order chi connectivity index (χ1) is 15.0. The van der Waals surface area contributed by atoms with Gasteiger partial charge in [0.25, 0.3) is 5.91 Å². The van der Waals surface area contributed by atoms with Crippen molar-refractivity contribution in [1.82, 2.24) is 10.2 Å². The molecule has 3 rings (SSSR count). The Kier molecular flexibility index (Phi) is 6.27. The van der Waals surface area contributed by atoms with Crippen molar-refractivity contribution in [3.63, 3.8) is 0 Å². The lowest BCUT2D eigenvalue weighted by Gasteiger charge is -2.12. The zero-order valence-corrected chi connectivity index (χ0v) is 16.0. The van der Waals surface area contributed by atoms with E-state index in [0.717, 1.165) is 18.2 Å². The summed E-state index contributed by atoms with van der Waals surface area (Å²) in [6.45, 7) is 0.0292. The Labute approximate surface area is 177 Å². The predicted molar refractivity (Wildman–Crippen MR) is 105 cm³/mol. The van der Waals surface area contributed by atoms with Crippen LogP contribution in [-0.2, 0) is 12.7 Å². The Bertz CT molecular complexity index is 1160. The zero-order chi connectivity index (χ0) is 23.5. The molecule has 0 aliphatic rings. The first-order valence-corrected chi connectivity index (χ1v) is 8.84. The molecule has 6 N–H and O–H groups in total. The van der Waals surface area contributed by atoms with Gasteiger partial charge in [-0.15, -0.1) is 0 Å². The number of hydrogen-bond acceptors (Lipinski definition) is 4. The third kappa shape index (κ3) is 5.50. The minimum absolute atomic E-state index is 0.00561. The molecular weight excluding hydrogens is 439 g/mol. The number of hydrogen-bond donors (Lipinski definition) is 5. The maximum Gasteiger partial charge on any atom is 0.416 e. The molecule has 32 heavy (non-hydrogen) atoms. The molecular formula is C19H15F5N6O2. The van der Waals surface area contributed by atoms with Crippen LogP contribution in [0.5, 0.6) is 0 Å². The fraction of sp³-hybridized carbons (Fsp3) is 0.105. The molecule has 0 saturated heterocycles. The SMILES string of the molecule is NC(=O)c1[nH]ncc1NCc1cc(F)cc(NC(=O)Nc2ccc(C(F)(F)F)cc2F)c1. The number of urea groups is 1. The first kappa shape index (κ1) is 22.5. The number of nitrogens with zero attached hydrogens (tertiary/aromatic N) is 1. The van der Waals surface area contributed by atoms with E-state index in [1.165, 1.54) is 12.3 Å². The van der Waals surface area contributed by atoms with Crippen molar-refractivity contribution in [2.45, 2.75) is 12.7 Å². The lowest BCUT2D eigenvalue weighted by molar-refractivity contribution is -0.137.